The lowest BCUT2D eigenvalue weighted by molar-refractivity contribution is 0.0200. The molecule has 1 aliphatic rings. The van der Waals surface area contributed by atoms with Gasteiger partial charge in [0, 0.05) is 25.7 Å². The highest BCUT2D eigenvalue weighted by molar-refractivity contribution is 4.95. The number of hydrogen-bond acceptors (Lipinski definition) is 4. The molecule has 96 valence electrons. The van der Waals surface area contributed by atoms with E-state index in [4.69, 9.17) is 10.5 Å². The Balaban J connectivity index is 2.61. The van der Waals surface area contributed by atoms with Crippen LogP contribution in [-0.2, 0) is 4.74 Å². The number of nitrogens with two attached hydrogens (primary N) is 1. The molecule has 0 unspecified atom stereocenters. The van der Waals surface area contributed by atoms with Crippen molar-refractivity contribution in [3.63, 3.8) is 0 Å². The summed E-state index contributed by atoms with van der Waals surface area (Å²) in [6.07, 6.45) is 2.36. The average Bonchev–Trinajstić information content (AvgIpc) is 2.32. The number of likely N-dealkylation sites (tertiary alicyclic amines) is 1. The van der Waals surface area contributed by atoms with Gasteiger partial charge in [0.2, 0.25) is 0 Å². The molecule has 0 bridgehead atoms. The van der Waals surface area contributed by atoms with Crippen LogP contribution in [0.15, 0.2) is 0 Å². The summed E-state index contributed by atoms with van der Waals surface area (Å²) in [5, 5.41) is 0. The Bertz CT molecular complexity index is 191. The largest absolute Gasteiger partial charge is 0.383 e. The molecule has 1 rings (SSSR count). The van der Waals surface area contributed by atoms with Gasteiger partial charge >= 0.3 is 0 Å². The fraction of sp³-hybridized carbons (Fsp3) is 1.00. The third-order valence-electron chi connectivity index (χ3n) is 3.92. The summed E-state index contributed by atoms with van der Waals surface area (Å²) in [4.78, 5) is 4.89. The van der Waals surface area contributed by atoms with Crippen molar-refractivity contribution < 1.29 is 4.74 Å². The van der Waals surface area contributed by atoms with Crippen molar-refractivity contribution in [1.29, 1.82) is 0 Å². The molecule has 1 fully saturated rings. The second-order valence-electron chi connectivity index (χ2n) is 4.80. The normalized spacial score (nSPS) is 21.6. The maximum Gasteiger partial charge on any atom is 0.0589 e. The Kier molecular flexibility index (Phi) is 5.69. The Labute approximate surface area is 99.7 Å². The molecule has 0 amide bonds. The van der Waals surface area contributed by atoms with Crippen molar-refractivity contribution in [1.82, 2.24) is 9.80 Å². The van der Waals surface area contributed by atoms with E-state index in [1.807, 2.05) is 0 Å². The first-order chi connectivity index (χ1) is 7.68. The number of piperidine rings is 1. The Morgan fingerprint density at radius 2 is 2.00 bits per heavy atom. The lowest BCUT2D eigenvalue weighted by atomic mass is 9.85. The lowest BCUT2D eigenvalue weighted by Crippen LogP contribution is -2.59. The summed E-state index contributed by atoms with van der Waals surface area (Å²) in [6, 6.07) is 0. The van der Waals surface area contributed by atoms with Gasteiger partial charge in [-0.1, -0.05) is 6.92 Å². The molecule has 2 N–H and O–H groups in total. The molecular formula is C12H27N3O. The van der Waals surface area contributed by atoms with E-state index >= 15 is 0 Å². The average molecular weight is 229 g/mol. The number of nitrogens with zero attached hydrogens (tertiary/aromatic N) is 2. The van der Waals surface area contributed by atoms with E-state index in [1.54, 1.807) is 7.11 Å². The van der Waals surface area contributed by atoms with Crippen LogP contribution in [0, 0.1) is 0 Å². The van der Waals surface area contributed by atoms with Crippen LogP contribution in [0.3, 0.4) is 0 Å². The first-order valence-electron chi connectivity index (χ1n) is 6.31. The summed E-state index contributed by atoms with van der Waals surface area (Å²) in [5.74, 6) is 0. The maximum atomic E-state index is 6.03. The summed E-state index contributed by atoms with van der Waals surface area (Å²) in [5.41, 5.74) is 6.24. The predicted octanol–water partition coefficient (Wildman–Crippen LogP) is 0.378. The topological polar surface area (TPSA) is 41.7 Å². The van der Waals surface area contributed by atoms with Crippen molar-refractivity contribution >= 4 is 0 Å². The van der Waals surface area contributed by atoms with E-state index in [0.29, 0.717) is 0 Å². The van der Waals surface area contributed by atoms with Gasteiger partial charge in [-0.05, 0) is 39.5 Å². The highest BCUT2D eigenvalue weighted by Crippen LogP contribution is 2.27. The van der Waals surface area contributed by atoms with E-state index in [2.05, 4.69) is 23.8 Å². The Morgan fingerprint density at radius 3 is 2.44 bits per heavy atom. The van der Waals surface area contributed by atoms with Gasteiger partial charge in [-0.3, -0.25) is 4.90 Å². The number of likely N-dealkylation sites (N-methyl/N-ethyl adjacent to an activating group) is 1. The maximum absolute atomic E-state index is 6.03. The molecule has 1 saturated heterocycles. The molecule has 16 heavy (non-hydrogen) atoms. The number of rotatable bonds is 6. The molecule has 0 atom stereocenters. The van der Waals surface area contributed by atoms with E-state index < -0.39 is 0 Å². The molecule has 4 nitrogen and oxygen atoms in total. The third-order valence-corrected chi connectivity index (χ3v) is 3.92. The first-order valence-corrected chi connectivity index (χ1v) is 6.31. The number of ether oxygens (including phenoxy) is 1. The second kappa shape index (κ2) is 6.55. The fourth-order valence-electron chi connectivity index (χ4n) is 2.62. The zero-order valence-corrected chi connectivity index (χ0v) is 11.0. The van der Waals surface area contributed by atoms with Gasteiger partial charge < -0.3 is 15.4 Å². The van der Waals surface area contributed by atoms with Crippen molar-refractivity contribution in [3.05, 3.63) is 0 Å². The quantitative estimate of drug-likeness (QED) is 0.715. The molecule has 1 aliphatic heterocycles. The van der Waals surface area contributed by atoms with Gasteiger partial charge in [-0.15, -0.1) is 0 Å². The summed E-state index contributed by atoms with van der Waals surface area (Å²) >= 11 is 0. The summed E-state index contributed by atoms with van der Waals surface area (Å²) in [7, 11) is 3.95. The van der Waals surface area contributed by atoms with Crippen LogP contribution in [0.25, 0.3) is 0 Å². The predicted molar refractivity (Wildman–Crippen MR) is 67.6 cm³/mol. The van der Waals surface area contributed by atoms with Crippen LogP contribution < -0.4 is 5.73 Å². The van der Waals surface area contributed by atoms with Gasteiger partial charge in [-0.2, -0.15) is 0 Å². The van der Waals surface area contributed by atoms with Gasteiger partial charge in [0.1, 0.15) is 0 Å². The molecular weight excluding hydrogens is 202 g/mol. The van der Waals surface area contributed by atoms with Crippen LogP contribution in [0.5, 0.6) is 0 Å². The molecule has 1 heterocycles. The van der Waals surface area contributed by atoms with E-state index in [1.165, 1.54) is 12.8 Å². The highest BCUT2D eigenvalue weighted by atomic mass is 16.5. The van der Waals surface area contributed by atoms with Crippen LogP contribution in [0.2, 0.25) is 0 Å². The zero-order chi connectivity index (χ0) is 12.0. The molecule has 0 aromatic rings. The van der Waals surface area contributed by atoms with Crippen molar-refractivity contribution in [2.45, 2.75) is 25.3 Å². The monoisotopic (exact) mass is 229 g/mol. The van der Waals surface area contributed by atoms with E-state index in [-0.39, 0.29) is 5.54 Å². The molecule has 0 aromatic heterocycles. The van der Waals surface area contributed by atoms with E-state index in [0.717, 1.165) is 39.3 Å². The van der Waals surface area contributed by atoms with Gasteiger partial charge in [0.15, 0.2) is 0 Å². The van der Waals surface area contributed by atoms with Crippen LogP contribution >= 0.6 is 0 Å². The van der Waals surface area contributed by atoms with Crippen molar-refractivity contribution in [3.8, 4) is 0 Å². The zero-order valence-electron chi connectivity index (χ0n) is 11.0. The number of hydrogen-bond donors (Lipinski definition) is 1. The third kappa shape index (κ3) is 3.17. The minimum Gasteiger partial charge on any atom is -0.383 e. The second-order valence-corrected chi connectivity index (χ2v) is 4.80. The minimum atomic E-state index is 0.208. The first kappa shape index (κ1) is 13.9. The summed E-state index contributed by atoms with van der Waals surface area (Å²) in [6.45, 7) is 8.13. The number of methoxy groups -OCH3 is 1. The Morgan fingerprint density at radius 1 is 1.38 bits per heavy atom. The van der Waals surface area contributed by atoms with Crippen LogP contribution in [-0.4, -0.2) is 68.8 Å². The molecule has 0 aromatic carbocycles. The minimum absolute atomic E-state index is 0.208. The van der Waals surface area contributed by atoms with Gasteiger partial charge in [-0.25, -0.2) is 0 Å². The molecule has 0 saturated carbocycles. The van der Waals surface area contributed by atoms with Crippen molar-refractivity contribution in [2.75, 3.05) is 53.5 Å². The SMILES string of the molecule is CCN(CCOC)C1(CN)CCN(C)CC1. The lowest BCUT2D eigenvalue weighted by Gasteiger charge is -2.47. The highest BCUT2D eigenvalue weighted by Gasteiger charge is 2.36. The molecule has 0 aliphatic carbocycles. The standard InChI is InChI=1S/C12H27N3O/c1-4-15(9-10-16-3)12(11-13)5-7-14(2)8-6-12/h4-11,13H2,1-3H3. The van der Waals surface area contributed by atoms with Crippen molar-refractivity contribution in [2.24, 2.45) is 5.73 Å². The molecule has 0 spiro atoms. The van der Waals surface area contributed by atoms with E-state index in [9.17, 15) is 0 Å². The van der Waals surface area contributed by atoms with Crippen LogP contribution in [0.1, 0.15) is 19.8 Å². The molecule has 4 heteroatoms. The summed E-state index contributed by atoms with van der Waals surface area (Å²) < 4.78 is 5.18. The Hall–Kier alpha value is -0.160. The fourth-order valence-corrected chi connectivity index (χ4v) is 2.62. The van der Waals surface area contributed by atoms with Crippen LogP contribution in [0.4, 0.5) is 0 Å². The van der Waals surface area contributed by atoms with Gasteiger partial charge in [0.25, 0.3) is 0 Å². The smallest absolute Gasteiger partial charge is 0.0589 e. The molecule has 0 radical (unpaired) electrons. The van der Waals surface area contributed by atoms with Gasteiger partial charge in [0.05, 0.1) is 6.61 Å².